The number of ether oxygens (including phenoxy) is 1. The number of rotatable bonds is 7. The summed E-state index contributed by atoms with van der Waals surface area (Å²) in [6, 6.07) is 13.4. The lowest BCUT2D eigenvalue weighted by atomic mass is 10.2. The third-order valence-electron chi connectivity index (χ3n) is 3.26. The molecule has 0 bridgehead atoms. The predicted molar refractivity (Wildman–Crippen MR) is 82.7 cm³/mol. The summed E-state index contributed by atoms with van der Waals surface area (Å²) in [5.41, 5.74) is 6.98. The number of carbonyl (C=O) groups is 1. The molecular formula is C17H19FN2O2. The fraction of sp³-hybridized carbons (Fsp3) is 0.235. The molecule has 0 heterocycles. The molecular weight excluding hydrogens is 283 g/mol. The molecule has 2 rings (SSSR count). The van der Waals surface area contributed by atoms with Crippen LogP contribution in [0.1, 0.15) is 18.1 Å². The standard InChI is InChI=1S/C17H19FN2O2/c1-12(17(19)21)20-10-13-5-7-16(8-6-13)22-11-14-3-2-4-15(18)9-14/h2-9,12,20H,10-11H2,1H3,(H2,19,21)/t12-/m1/s1. The van der Waals surface area contributed by atoms with Crippen LogP contribution in [-0.4, -0.2) is 11.9 Å². The van der Waals surface area contributed by atoms with Gasteiger partial charge in [-0.2, -0.15) is 0 Å². The summed E-state index contributed by atoms with van der Waals surface area (Å²) >= 11 is 0. The lowest BCUT2D eigenvalue weighted by molar-refractivity contribution is -0.119. The zero-order valence-electron chi connectivity index (χ0n) is 12.4. The van der Waals surface area contributed by atoms with Gasteiger partial charge in [0, 0.05) is 6.54 Å². The van der Waals surface area contributed by atoms with Gasteiger partial charge in [0.15, 0.2) is 0 Å². The average molecular weight is 302 g/mol. The van der Waals surface area contributed by atoms with E-state index in [-0.39, 0.29) is 17.8 Å². The molecule has 1 amide bonds. The van der Waals surface area contributed by atoms with E-state index in [9.17, 15) is 9.18 Å². The number of hydrogen-bond donors (Lipinski definition) is 2. The van der Waals surface area contributed by atoms with Crippen molar-refractivity contribution in [2.45, 2.75) is 26.1 Å². The van der Waals surface area contributed by atoms with E-state index in [1.807, 2.05) is 30.3 Å². The zero-order chi connectivity index (χ0) is 15.9. The Morgan fingerprint density at radius 3 is 2.59 bits per heavy atom. The van der Waals surface area contributed by atoms with Gasteiger partial charge < -0.3 is 15.8 Å². The van der Waals surface area contributed by atoms with E-state index in [2.05, 4.69) is 5.32 Å². The molecule has 1 atom stereocenters. The zero-order valence-corrected chi connectivity index (χ0v) is 12.4. The number of hydrogen-bond acceptors (Lipinski definition) is 3. The highest BCUT2D eigenvalue weighted by Gasteiger charge is 2.07. The molecule has 3 N–H and O–H groups in total. The van der Waals surface area contributed by atoms with Gasteiger partial charge in [0.1, 0.15) is 18.2 Å². The maximum absolute atomic E-state index is 13.1. The number of benzene rings is 2. The summed E-state index contributed by atoms with van der Waals surface area (Å²) in [5, 5.41) is 3.02. The van der Waals surface area contributed by atoms with E-state index >= 15 is 0 Å². The van der Waals surface area contributed by atoms with Crippen molar-refractivity contribution in [2.75, 3.05) is 0 Å². The van der Waals surface area contributed by atoms with E-state index in [0.717, 1.165) is 11.1 Å². The van der Waals surface area contributed by atoms with Crippen LogP contribution in [0.3, 0.4) is 0 Å². The molecule has 2 aromatic rings. The molecule has 0 unspecified atom stereocenters. The summed E-state index contributed by atoms with van der Waals surface area (Å²) in [4.78, 5) is 10.9. The summed E-state index contributed by atoms with van der Waals surface area (Å²) < 4.78 is 18.7. The molecule has 0 aliphatic heterocycles. The van der Waals surface area contributed by atoms with Crippen LogP contribution in [0.2, 0.25) is 0 Å². The second-order valence-corrected chi connectivity index (χ2v) is 5.07. The number of nitrogens with two attached hydrogens (primary N) is 1. The highest BCUT2D eigenvalue weighted by Crippen LogP contribution is 2.14. The van der Waals surface area contributed by atoms with E-state index in [4.69, 9.17) is 10.5 Å². The third kappa shape index (κ3) is 4.86. The van der Waals surface area contributed by atoms with Crippen molar-refractivity contribution >= 4 is 5.91 Å². The molecule has 2 aromatic carbocycles. The van der Waals surface area contributed by atoms with Crippen LogP contribution in [0, 0.1) is 5.82 Å². The Morgan fingerprint density at radius 1 is 1.23 bits per heavy atom. The normalized spacial score (nSPS) is 11.9. The van der Waals surface area contributed by atoms with Gasteiger partial charge in [-0.3, -0.25) is 4.79 Å². The van der Waals surface area contributed by atoms with Crippen LogP contribution in [0.15, 0.2) is 48.5 Å². The fourth-order valence-electron chi connectivity index (χ4n) is 1.87. The fourth-order valence-corrected chi connectivity index (χ4v) is 1.87. The molecule has 116 valence electrons. The molecule has 0 radical (unpaired) electrons. The number of halogens is 1. The van der Waals surface area contributed by atoms with Crippen LogP contribution in [0.25, 0.3) is 0 Å². The number of nitrogens with one attached hydrogen (secondary N) is 1. The van der Waals surface area contributed by atoms with Crippen molar-refractivity contribution in [1.82, 2.24) is 5.32 Å². The molecule has 5 heteroatoms. The molecule has 0 aliphatic rings. The van der Waals surface area contributed by atoms with Crippen LogP contribution in [-0.2, 0) is 17.9 Å². The molecule has 0 saturated heterocycles. The molecule has 0 aromatic heterocycles. The third-order valence-corrected chi connectivity index (χ3v) is 3.26. The Hall–Kier alpha value is -2.40. The molecule has 0 spiro atoms. The van der Waals surface area contributed by atoms with E-state index in [0.29, 0.717) is 18.9 Å². The molecule has 4 nitrogen and oxygen atoms in total. The first-order valence-corrected chi connectivity index (χ1v) is 7.03. The Labute approximate surface area is 129 Å². The van der Waals surface area contributed by atoms with Crippen molar-refractivity contribution in [3.8, 4) is 5.75 Å². The largest absolute Gasteiger partial charge is 0.489 e. The van der Waals surface area contributed by atoms with Gasteiger partial charge in [0.2, 0.25) is 5.91 Å². The second kappa shape index (κ2) is 7.56. The van der Waals surface area contributed by atoms with Crippen molar-refractivity contribution in [2.24, 2.45) is 5.73 Å². The van der Waals surface area contributed by atoms with Crippen LogP contribution in [0.5, 0.6) is 5.75 Å². The van der Waals surface area contributed by atoms with E-state index < -0.39 is 0 Å². The van der Waals surface area contributed by atoms with Gasteiger partial charge in [0.25, 0.3) is 0 Å². The highest BCUT2D eigenvalue weighted by molar-refractivity contribution is 5.79. The lowest BCUT2D eigenvalue weighted by Gasteiger charge is -2.11. The Bertz CT molecular complexity index is 629. The van der Waals surface area contributed by atoms with Crippen molar-refractivity contribution in [3.63, 3.8) is 0 Å². The van der Waals surface area contributed by atoms with Gasteiger partial charge in [0.05, 0.1) is 6.04 Å². The smallest absolute Gasteiger partial charge is 0.234 e. The average Bonchev–Trinajstić information content (AvgIpc) is 2.51. The summed E-state index contributed by atoms with van der Waals surface area (Å²) in [5.74, 6) is 0.0529. The molecule has 0 saturated carbocycles. The SMILES string of the molecule is C[C@@H](NCc1ccc(OCc2cccc(F)c2)cc1)C(N)=O. The summed E-state index contributed by atoms with van der Waals surface area (Å²) in [7, 11) is 0. The van der Waals surface area contributed by atoms with Crippen LogP contribution < -0.4 is 15.8 Å². The minimum atomic E-state index is -0.380. The minimum absolute atomic E-state index is 0.272. The second-order valence-electron chi connectivity index (χ2n) is 5.07. The van der Waals surface area contributed by atoms with E-state index in [1.54, 1.807) is 13.0 Å². The molecule has 0 fully saturated rings. The molecule has 0 aliphatic carbocycles. The topological polar surface area (TPSA) is 64.3 Å². The highest BCUT2D eigenvalue weighted by atomic mass is 19.1. The van der Waals surface area contributed by atoms with Gasteiger partial charge in [-0.05, 0) is 42.3 Å². The van der Waals surface area contributed by atoms with E-state index in [1.165, 1.54) is 12.1 Å². The van der Waals surface area contributed by atoms with Gasteiger partial charge in [-0.1, -0.05) is 24.3 Å². The lowest BCUT2D eigenvalue weighted by Crippen LogP contribution is -2.38. The van der Waals surface area contributed by atoms with Crippen LogP contribution in [0.4, 0.5) is 4.39 Å². The first-order chi connectivity index (χ1) is 10.5. The number of amides is 1. The van der Waals surface area contributed by atoms with Crippen molar-refractivity contribution < 1.29 is 13.9 Å². The summed E-state index contributed by atoms with van der Waals surface area (Å²) in [6.45, 7) is 2.58. The first-order valence-electron chi connectivity index (χ1n) is 7.03. The number of primary amides is 1. The molecule has 22 heavy (non-hydrogen) atoms. The first kappa shape index (κ1) is 16.0. The number of carbonyl (C=O) groups excluding carboxylic acids is 1. The van der Waals surface area contributed by atoms with Crippen molar-refractivity contribution in [1.29, 1.82) is 0 Å². The maximum atomic E-state index is 13.1. The Kier molecular flexibility index (Phi) is 5.49. The quantitative estimate of drug-likeness (QED) is 0.825. The van der Waals surface area contributed by atoms with Crippen LogP contribution >= 0.6 is 0 Å². The Morgan fingerprint density at radius 2 is 1.95 bits per heavy atom. The van der Waals surface area contributed by atoms with Crippen molar-refractivity contribution in [3.05, 3.63) is 65.5 Å². The van der Waals surface area contributed by atoms with Gasteiger partial charge in [-0.25, -0.2) is 4.39 Å². The predicted octanol–water partition coefficient (Wildman–Crippen LogP) is 2.37. The van der Waals surface area contributed by atoms with Gasteiger partial charge >= 0.3 is 0 Å². The van der Waals surface area contributed by atoms with Gasteiger partial charge in [-0.15, -0.1) is 0 Å². The minimum Gasteiger partial charge on any atom is -0.489 e. The maximum Gasteiger partial charge on any atom is 0.234 e. The summed E-state index contributed by atoms with van der Waals surface area (Å²) in [6.07, 6.45) is 0. The Balaban J connectivity index is 1.85. The monoisotopic (exact) mass is 302 g/mol.